The van der Waals surface area contributed by atoms with Crippen LogP contribution < -0.4 is 4.90 Å². The molecule has 0 bridgehead atoms. The molecule has 0 aliphatic rings. The molecule has 0 aliphatic carbocycles. The fraction of sp³-hybridized carbons (Fsp3) is 0.300. The molecule has 2 rings (SSSR count). The number of esters is 1. The summed E-state index contributed by atoms with van der Waals surface area (Å²) in [5.41, 5.74) is 0.658. The predicted octanol–water partition coefficient (Wildman–Crippen LogP) is 4.33. The third-order valence-electron chi connectivity index (χ3n) is 3.81. The molecule has 0 atom stereocenters. The second kappa shape index (κ2) is 8.56. The Morgan fingerprint density at radius 1 is 1.12 bits per heavy atom. The Hall–Kier alpha value is -2.76. The summed E-state index contributed by atoms with van der Waals surface area (Å²) in [5.74, 6) is -1.89. The highest BCUT2D eigenvalue weighted by Gasteiger charge is 2.20. The molecule has 0 radical (unpaired) electrons. The molecular weight excluding hydrogens is 340 g/mol. The molecule has 4 nitrogen and oxygen atoms in total. The third kappa shape index (κ3) is 4.88. The molecule has 0 heterocycles. The van der Waals surface area contributed by atoms with E-state index in [9.17, 15) is 18.4 Å². The van der Waals surface area contributed by atoms with Gasteiger partial charge in [-0.1, -0.05) is 26.0 Å². The number of hydrogen-bond acceptors (Lipinski definition) is 3. The van der Waals surface area contributed by atoms with Crippen molar-refractivity contribution in [3.8, 4) is 0 Å². The first-order valence-electron chi connectivity index (χ1n) is 8.24. The monoisotopic (exact) mass is 361 g/mol. The lowest BCUT2D eigenvalue weighted by Crippen LogP contribution is -2.31. The second-order valence-electron chi connectivity index (χ2n) is 6.36. The highest BCUT2D eigenvalue weighted by atomic mass is 19.1. The van der Waals surface area contributed by atoms with Crippen LogP contribution in [0.5, 0.6) is 0 Å². The summed E-state index contributed by atoms with van der Waals surface area (Å²) in [5, 5.41) is 0. The SMILES string of the molecule is COC(=O)c1ccc(CN(C(=O)CC(C)C)c2cccc(F)c2)c(F)c1. The molecule has 0 spiro atoms. The van der Waals surface area contributed by atoms with E-state index in [2.05, 4.69) is 4.74 Å². The zero-order chi connectivity index (χ0) is 19.3. The lowest BCUT2D eigenvalue weighted by atomic mass is 10.1. The molecule has 6 heteroatoms. The van der Waals surface area contributed by atoms with Gasteiger partial charge in [-0.2, -0.15) is 0 Å². The molecule has 26 heavy (non-hydrogen) atoms. The Morgan fingerprint density at radius 3 is 2.42 bits per heavy atom. The van der Waals surface area contributed by atoms with Crippen molar-refractivity contribution in [2.24, 2.45) is 5.92 Å². The van der Waals surface area contributed by atoms with E-state index < -0.39 is 17.6 Å². The van der Waals surface area contributed by atoms with Gasteiger partial charge in [-0.05, 0) is 36.2 Å². The van der Waals surface area contributed by atoms with Crippen LogP contribution in [0.2, 0.25) is 0 Å². The van der Waals surface area contributed by atoms with E-state index in [1.807, 2.05) is 13.8 Å². The summed E-state index contributed by atoms with van der Waals surface area (Å²) in [6.07, 6.45) is 0.248. The number of methoxy groups -OCH3 is 1. The van der Waals surface area contributed by atoms with E-state index in [0.717, 1.165) is 6.07 Å². The lowest BCUT2D eigenvalue weighted by molar-refractivity contribution is -0.119. The van der Waals surface area contributed by atoms with Gasteiger partial charge in [0.25, 0.3) is 0 Å². The number of carbonyl (C=O) groups is 2. The fourth-order valence-electron chi connectivity index (χ4n) is 2.52. The molecule has 0 saturated heterocycles. The van der Waals surface area contributed by atoms with Gasteiger partial charge in [-0.15, -0.1) is 0 Å². The number of nitrogens with zero attached hydrogens (tertiary/aromatic N) is 1. The van der Waals surface area contributed by atoms with Crippen molar-refractivity contribution >= 4 is 17.6 Å². The minimum Gasteiger partial charge on any atom is -0.465 e. The van der Waals surface area contributed by atoms with Gasteiger partial charge in [0, 0.05) is 17.7 Å². The Morgan fingerprint density at radius 2 is 1.85 bits per heavy atom. The Kier molecular flexibility index (Phi) is 6.44. The van der Waals surface area contributed by atoms with Crippen LogP contribution >= 0.6 is 0 Å². The van der Waals surface area contributed by atoms with Gasteiger partial charge in [-0.3, -0.25) is 4.79 Å². The maximum absolute atomic E-state index is 14.4. The fourth-order valence-corrected chi connectivity index (χ4v) is 2.52. The quantitative estimate of drug-likeness (QED) is 0.720. The standard InChI is InChI=1S/C20H21F2NO3/c1-13(2)9-19(24)23(17-6-4-5-16(21)11-17)12-15-8-7-14(10-18(15)22)20(25)26-3/h4-8,10-11,13H,9,12H2,1-3H3. The summed E-state index contributed by atoms with van der Waals surface area (Å²) < 4.78 is 32.6. The second-order valence-corrected chi connectivity index (χ2v) is 6.36. The van der Waals surface area contributed by atoms with Gasteiger partial charge in [-0.25, -0.2) is 13.6 Å². The van der Waals surface area contributed by atoms with Crippen molar-refractivity contribution in [3.05, 3.63) is 65.2 Å². The van der Waals surface area contributed by atoms with Crippen LogP contribution in [-0.2, 0) is 16.1 Å². The van der Waals surface area contributed by atoms with Gasteiger partial charge in [0.15, 0.2) is 0 Å². The number of anilines is 1. The largest absolute Gasteiger partial charge is 0.465 e. The maximum atomic E-state index is 14.4. The molecule has 0 aliphatic heterocycles. The average molecular weight is 361 g/mol. The number of amides is 1. The molecule has 138 valence electrons. The van der Waals surface area contributed by atoms with Crippen LogP contribution in [0.25, 0.3) is 0 Å². The molecule has 2 aromatic rings. The minimum atomic E-state index is -0.645. The van der Waals surface area contributed by atoms with Gasteiger partial charge >= 0.3 is 5.97 Å². The minimum absolute atomic E-state index is 0.0672. The van der Waals surface area contributed by atoms with Gasteiger partial charge in [0.1, 0.15) is 11.6 Å². The molecular formula is C20H21F2NO3. The van der Waals surface area contributed by atoms with Crippen molar-refractivity contribution in [1.29, 1.82) is 0 Å². The van der Waals surface area contributed by atoms with Gasteiger partial charge < -0.3 is 9.64 Å². The van der Waals surface area contributed by atoms with Gasteiger partial charge in [0.05, 0.1) is 19.2 Å². The van der Waals surface area contributed by atoms with Crippen molar-refractivity contribution in [2.45, 2.75) is 26.8 Å². The normalized spacial score (nSPS) is 10.7. The van der Waals surface area contributed by atoms with E-state index in [0.29, 0.717) is 5.69 Å². The van der Waals surface area contributed by atoms with Crippen LogP contribution in [0.4, 0.5) is 14.5 Å². The molecule has 1 amide bonds. The number of halogens is 2. The summed E-state index contributed by atoms with van der Waals surface area (Å²) >= 11 is 0. The molecule has 0 unspecified atom stereocenters. The number of rotatable bonds is 6. The predicted molar refractivity (Wildman–Crippen MR) is 94.8 cm³/mol. The summed E-state index contributed by atoms with van der Waals surface area (Å²) in [4.78, 5) is 25.4. The maximum Gasteiger partial charge on any atom is 0.337 e. The van der Waals surface area contributed by atoms with Crippen LogP contribution in [0.15, 0.2) is 42.5 Å². The van der Waals surface area contributed by atoms with E-state index in [4.69, 9.17) is 0 Å². The molecule has 0 fully saturated rings. The molecule has 0 aromatic heterocycles. The van der Waals surface area contributed by atoms with Gasteiger partial charge in [0.2, 0.25) is 5.91 Å². The van der Waals surface area contributed by atoms with Crippen molar-refractivity contribution < 1.29 is 23.1 Å². The van der Waals surface area contributed by atoms with Crippen molar-refractivity contribution in [2.75, 3.05) is 12.0 Å². The zero-order valence-electron chi connectivity index (χ0n) is 15.0. The van der Waals surface area contributed by atoms with Crippen LogP contribution in [0, 0.1) is 17.6 Å². The number of benzene rings is 2. The van der Waals surface area contributed by atoms with Crippen molar-refractivity contribution in [1.82, 2.24) is 0 Å². The average Bonchev–Trinajstić information content (AvgIpc) is 2.59. The third-order valence-corrected chi connectivity index (χ3v) is 3.81. The van der Waals surface area contributed by atoms with E-state index in [1.165, 1.54) is 42.3 Å². The molecule has 0 N–H and O–H groups in total. The van der Waals surface area contributed by atoms with Crippen LogP contribution in [-0.4, -0.2) is 19.0 Å². The highest BCUT2D eigenvalue weighted by Crippen LogP contribution is 2.22. The number of hydrogen-bond donors (Lipinski definition) is 0. The van der Waals surface area contributed by atoms with Crippen molar-refractivity contribution in [3.63, 3.8) is 0 Å². The van der Waals surface area contributed by atoms with E-state index in [1.54, 1.807) is 6.07 Å². The Balaban J connectivity index is 2.35. The van der Waals surface area contributed by atoms with E-state index in [-0.39, 0.29) is 35.9 Å². The highest BCUT2D eigenvalue weighted by molar-refractivity contribution is 5.93. The molecule has 0 saturated carbocycles. The zero-order valence-corrected chi connectivity index (χ0v) is 15.0. The van der Waals surface area contributed by atoms with Crippen LogP contribution in [0.1, 0.15) is 36.2 Å². The first kappa shape index (κ1) is 19.6. The summed E-state index contributed by atoms with van der Waals surface area (Å²) in [7, 11) is 1.21. The lowest BCUT2D eigenvalue weighted by Gasteiger charge is -2.24. The summed E-state index contributed by atoms with van der Waals surface area (Å²) in [6.45, 7) is 3.73. The van der Waals surface area contributed by atoms with E-state index >= 15 is 0 Å². The van der Waals surface area contributed by atoms with Crippen LogP contribution in [0.3, 0.4) is 0 Å². The topological polar surface area (TPSA) is 46.6 Å². The Labute approximate surface area is 151 Å². The summed E-state index contributed by atoms with van der Waals surface area (Å²) in [6, 6.07) is 9.54. The first-order valence-corrected chi connectivity index (χ1v) is 8.24. The molecule has 2 aromatic carbocycles. The number of carbonyl (C=O) groups excluding carboxylic acids is 2. The smallest absolute Gasteiger partial charge is 0.337 e. The Bertz CT molecular complexity index is 805. The first-order chi connectivity index (χ1) is 12.3. The number of ether oxygens (including phenoxy) is 1.